The fraction of sp³-hybridized carbons (Fsp3) is 0.667. The lowest BCUT2D eigenvalue weighted by molar-refractivity contribution is -0.143. The molecule has 1 rings (SSSR count). The van der Waals surface area contributed by atoms with E-state index in [0.717, 1.165) is 11.9 Å². The lowest BCUT2D eigenvalue weighted by Crippen LogP contribution is -2.41. The molecule has 0 aromatic rings. The van der Waals surface area contributed by atoms with Crippen LogP contribution >= 0.6 is 11.9 Å². The zero-order valence-electron chi connectivity index (χ0n) is 6.19. The van der Waals surface area contributed by atoms with Gasteiger partial charge in [0.2, 0.25) is 0 Å². The summed E-state index contributed by atoms with van der Waals surface area (Å²) < 4.78 is 2.66. The van der Waals surface area contributed by atoms with E-state index in [1.54, 1.807) is 0 Å². The van der Waals surface area contributed by atoms with Crippen LogP contribution in [0.5, 0.6) is 0 Å². The third-order valence-corrected chi connectivity index (χ3v) is 2.70. The van der Waals surface area contributed by atoms with E-state index in [-0.39, 0.29) is 6.42 Å². The monoisotopic (exact) mass is 191 g/mol. The number of rotatable bonds is 2. The standard InChI is InChI=1S/C6H9NO4S/c8-5(9)3-1-4(6(10)11)7-12-2-3/h3-4,7H,1-2H2,(H,8,9)(H,10,11). The predicted octanol–water partition coefficient (Wildman–Crippen LogP) is -0.218. The van der Waals surface area contributed by atoms with E-state index in [1.165, 1.54) is 0 Å². The Bertz CT molecular complexity index is 188. The Morgan fingerprint density at radius 3 is 2.50 bits per heavy atom. The van der Waals surface area contributed by atoms with Crippen molar-refractivity contribution in [2.75, 3.05) is 5.75 Å². The van der Waals surface area contributed by atoms with Crippen molar-refractivity contribution in [2.45, 2.75) is 12.5 Å². The van der Waals surface area contributed by atoms with Gasteiger partial charge in [-0.2, -0.15) is 0 Å². The first-order valence-electron chi connectivity index (χ1n) is 3.44. The summed E-state index contributed by atoms with van der Waals surface area (Å²) in [6.45, 7) is 0. The lowest BCUT2D eigenvalue weighted by Gasteiger charge is -2.23. The van der Waals surface area contributed by atoms with E-state index in [0.29, 0.717) is 5.75 Å². The molecule has 0 spiro atoms. The largest absolute Gasteiger partial charge is 0.481 e. The average Bonchev–Trinajstić information content (AvgIpc) is 2.04. The molecule has 3 N–H and O–H groups in total. The first-order valence-corrected chi connectivity index (χ1v) is 4.42. The zero-order valence-corrected chi connectivity index (χ0v) is 7.00. The fourth-order valence-corrected chi connectivity index (χ4v) is 1.95. The topological polar surface area (TPSA) is 86.6 Å². The van der Waals surface area contributed by atoms with Crippen LogP contribution < -0.4 is 4.72 Å². The summed E-state index contributed by atoms with van der Waals surface area (Å²) in [4.78, 5) is 20.9. The average molecular weight is 191 g/mol. The van der Waals surface area contributed by atoms with Crippen LogP contribution in [0.15, 0.2) is 0 Å². The molecular weight excluding hydrogens is 182 g/mol. The number of hydrogen-bond donors (Lipinski definition) is 3. The second-order valence-electron chi connectivity index (χ2n) is 2.59. The normalized spacial score (nSPS) is 29.7. The Hall–Kier alpha value is -0.750. The first kappa shape index (κ1) is 9.34. The van der Waals surface area contributed by atoms with Gasteiger partial charge < -0.3 is 10.2 Å². The Balaban J connectivity index is 2.51. The summed E-state index contributed by atoms with van der Waals surface area (Å²) in [5.41, 5.74) is 0. The summed E-state index contributed by atoms with van der Waals surface area (Å²) in [6.07, 6.45) is 0.164. The lowest BCUT2D eigenvalue weighted by atomic mass is 10.0. The highest BCUT2D eigenvalue weighted by Gasteiger charge is 2.30. The first-order chi connectivity index (χ1) is 5.61. The van der Waals surface area contributed by atoms with Crippen molar-refractivity contribution in [3.8, 4) is 0 Å². The number of hydrogen-bond acceptors (Lipinski definition) is 4. The summed E-state index contributed by atoms with van der Waals surface area (Å²) >= 11 is 1.16. The molecule has 2 unspecified atom stereocenters. The molecule has 0 bridgehead atoms. The van der Waals surface area contributed by atoms with Crippen molar-refractivity contribution in [1.82, 2.24) is 4.72 Å². The molecule has 5 nitrogen and oxygen atoms in total. The Morgan fingerprint density at radius 1 is 1.33 bits per heavy atom. The van der Waals surface area contributed by atoms with Crippen molar-refractivity contribution in [3.63, 3.8) is 0 Å². The van der Waals surface area contributed by atoms with Crippen molar-refractivity contribution in [1.29, 1.82) is 0 Å². The minimum Gasteiger partial charge on any atom is -0.481 e. The summed E-state index contributed by atoms with van der Waals surface area (Å²) in [5.74, 6) is -2.03. The molecule has 0 saturated carbocycles. The van der Waals surface area contributed by atoms with Crippen molar-refractivity contribution in [2.24, 2.45) is 5.92 Å². The predicted molar refractivity (Wildman–Crippen MR) is 42.8 cm³/mol. The Kier molecular flexibility index (Phi) is 2.93. The molecule has 0 radical (unpaired) electrons. The van der Waals surface area contributed by atoms with Crippen molar-refractivity contribution >= 4 is 23.9 Å². The molecule has 0 aliphatic carbocycles. The van der Waals surface area contributed by atoms with Gasteiger partial charge in [-0.25, -0.2) is 4.72 Å². The van der Waals surface area contributed by atoms with Gasteiger partial charge in [0.25, 0.3) is 0 Å². The maximum absolute atomic E-state index is 10.5. The zero-order chi connectivity index (χ0) is 9.14. The van der Waals surface area contributed by atoms with Crippen LogP contribution in [0.25, 0.3) is 0 Å². The third kappa shape index (κ3) is 2.12. The second kappa shape index (κ2) is 3.77. The second-order valence-corrected chi connectivity index (χ2v) is 3.45. The summed E-state index contributed by atoms with van der Waals surface area (Å²) in [6, 6.07) is -0.732. The molecule has 6 heteroatoms. The van der Waals surface area contributed by atoms with Crippen LogP contribution in [-0.2, 0) is 9.59 Å². The van der Waals surface area contributed by atoms with Crippen LogP contribution in [-0.4, -0.2) is 33.9 Å². The van der Waals surface area contributed by atoms with E-state index in [2.05, 4.69) is 4.72 Å². The highest BCUT2D eigenvalue weighted by molar-refractivity contribution is 7.97. The van der Waals surface area contributed by atoms with E-state index in [4.69, 9.17) is 10.2 Å². The smallest absolute Gasteiger partial charge is 0.321 e. The summed E-state index contributed by atoms with van der Waals surface area (Å²) in [5, 5.41) is 17.2. The Labute approximate surface area is 73.3 Å². The summed E-state index contributed by atoms with van der Waals surface area (Å²) in [7, 11) is 0. The van der Waals surface area contributed by atoms with Gasteiger partial charge in [0, 0.05) is 5.75 Å². The molecule has 0 amide bonds. The maximum atomic E-state index is 10.5. The van der Waals surface area contributed by atoms with Gasteiger partial charge in [0.15, 0.2) is 0 Å². The number of nitrogens with one attached hydrogen (secondary N) is 1. The van der Waals surface area contributed by atoms with Gasteiger partial charge in [0.1, 0.15) is 6.04 Å². The van der Waals surface area contributed by atoms with Crippen LogP contribution in [0.4, 0.5) is 0 Å². The number of carbonyl (C=O) groups is 2. The highest BCUT2D eigenvalue weighted by atomic mass is 32.2. The SMILES string of the molecule is O=C(O)C1CSNC(C(=O)O)C1. The molecular formula is C6H9NO4S. The van der Waals surface area contributed by atoms with E-state index in [9.17, 15) is 9.59 Å². The maximum Gasteiger partial charge on any atom is 0.321 e. The van der Waals surface area contributed by atoms with Gasteiger partial charge in [-0.1, -0.05) is 11.9 Å². The van der Waals surface area contributed by atoms with Gasteiger partial charge in [0.05, 0.1) is 5.92 Å². The highest BCUT2D eigenvalue weighted by Crippen LogP contribution is 2.20. The van der Waals surface area contributed by atoms with Crippen LogP contribution in [0.1, 0.15) is 6.42 Å². The molecule has 1 fully saturated rings. The number of carboxylic acid groups (broad SMARTS) is 2. The van der Waals surface area contributed by atoms with Gasteiger partial charge >= 0.3 is 11.9 Å². The van der Waals surface area contributed by atoms with Gasteiger partial charge in [-0.15, -0.1) is 0 Å². The Morgan fingerprint density at radius 2 is 2.00 bits per heavy atom. The van der Waals surface area contributed by atoms with Crippen LogP contribution in [0.2, 0.25) is 0 Å². The van der Waals surface area contributed by atoms with E-state index < -0.39 is 23.9 Å². The van der Waals surface area contributed by atoms with Gasteiger partial charge in [-0.3, -0.25) is 9.59 Å². The fourth-order valence-electron chi connectivity index (χ4n) is 0.973. The third-order valence-electron chi connectivity index (χ3n) is 1.68. The molecule has 1 aliphatic rings. The molecule has 12 heavy (non-hydrogen) atoms. The van der Waals surface area contributed by atoms with Gasteiger partial charge in [-0.05, 0) is 6.42 Å². The number of carboxylic acids is 2. The van der Waals surface area contributed by atoms with Crippen LogP contribution in [0, 0.1) is 5.92 Å². The van der Waals surface area contributed by atoms with Crippen LogP contribution in [0.3, 0.4) is 0 Å². The minimum atomic E-state index is -0.992. The molecule has 0 aromatic carbocycles. The molecule has 1 saturated heterocycles. The quantitative estimate of drug-likeness (QED) is 0.523. The number of aliphatic carboxylic acids is 2. The molecule has 68 valence electrons. The molecule has 1 heterocycles. The molecule has 0 aromatic heterocycles. The van der Waals surface area contributed by atoms with Crippen molar-refractivity contribution in [3.05, 3.63) is 0 Å². The molecule has 1 aliphatic heterocycles. The van der Waals surface area contributed by atoms with Crippen molar-refractivity contribution < 1.29 is 19.8 Å². The van der Waals surface area contributed by atoms with E-state index in [1.807, 2.05) is 0 Å². The van der Waals surface area contributed by atoms with E-state index >= 15 is 0 Å². The minimum absolute atomic E-state index is 0.164. The molecule has 2 atom stereocenters.